The zero-order valence-corrected chi connectivity index (χ0v) is 17.6. The summed E-state index contributed by atoms with van der Waals surface area (Å²) >= 11 is 0. The number of hydrogen-bond acceptors (Lipinski definition) is 5. The molecule has 4 rings (SSSR count). The van der Waals surface area contributed by atoms with Crippen LogP contribution in [0.25, 0.3) is 10.9 Å². The minimum atomic E-state index is -1.12. The second-order valence-corrected chi connectivity index (χ2v) is 8.13. The fourth-order valence-corrected chi connectivity index (χ4v) is 4.18. The first-order chi connectivity index (χ1) is 15.4. The fraction of sp³-hybridized carbons (Fsp3) is 0.292. The van der Waals surface area contributed by atoms with E-state index in [4.69, 9.17) is 15.7 Å². The Kier molecular flexibility index (Phi) is 5.80. The lowest BCUT2D eigenvalue weighted by Gasteiger charge is -2.15. The Labute approximate surface area is 184 Å². The number of fused-ring (bicyclic) bond motifs is 1. The summed E-state index contributed by atoms with van der Waals surface area (Å²) in [6, 6.07) is 14.1. The van der Waals surface area contributed by atoms with Crippen molar-refractivity contribution in [2.75, 3.05) is 0 Å². The number of para-hydroxylation sites is 1. The second kappa shape index (κ2) is 8.55. The molecule has 32 heavy (non-hydrogen) atoms. The van der Waals surface area contributed by atoms with Crippen LogP contribution in [0, 0.1) is 17.2 Å². The van der Waals surface area contributed by atoms with Gasteiger partial charge in [0.25, 0.3) is 0 Å². The van der Waals surface area contributed by atoms with Crippen LogP contribution in [0.1, 0.15) is 30.2 Å². The number of amides is 2. The maximum absolute atomic E-state index is 14.8. The summed E-state index contributed by atoms with van der Waals surface area (Å²) < 4.78 is 20.5. The van der Waals surface area contributed by atoms with Crippen LogP contribution in [0.2, 0.25) is 0 Å². The number of ether oxygens (including phenoxy) is 1. The SMILES string of the molecule is CCc1cc(COc2ccc(C[C@]3(C(N)=O)C[C@@H]3C(=O)NO)cc2F)c2ccccc2n1. The topological polar surface area (TPSA) is 115 Å². The van der Waals surface area contributed by atoms with E-state index in [2.05, 4.69) is 4.98 Å². The highest BCUT2D eigenvalue weighted by atomic mass is 19.1. The zero-order chi connectivity index (χ0) is 22.9. The molecule has 0 spiro atoms. The Morgan fingerprint density at radius 2 is 2.06 bits per heavy atom. The number of aryl methyl sites for hydroxylation is 1. The predicted octanol–water partition coefficient (Wildman–Crippen LogP) is 3.05. The Balaban J connectivity index is 1.51. The standard InChI is InChI=1S/C24H24FN3O4/c1-2-16-10-15(17-5-3-4-6-20(17)27-16)13-32-21-8-7-14(9-19(21)25)11-24(23(26)30)12-18(24)22(29)28-31/h3-10,18,31H,2,11-13H2,1H3,(H2,26,30)(H,28,29)/t18-,24+/m1/s1. The van der Waals surface area contributed by atoms with E-state index in [0.29, 0.717) is 5.56 Å². The molecule has 0 radical (unpaired) electrons. The van der Waals surface area contributed by atoms with Crippen LogP contribution < -0.4 is 16.0 Å². The highest BCUT2D eigenvalue weighted by Gasteiger charge is 2.62. The van der Waals surface area contributed by atoms with Crippen molar-refractivity contribution in [2.24, 2.45) is 17.1 Å². The molecule has 1 fully saturated rings. The number of benzene rings is 2. The van der Waals surface area contributed by atoms with Gasteiger partial charge in [0.1, 0.15) is 6.61 Å². The van der Waals surface area contributed by atoms with Crippen LogP contribution in [0.15, 0.2) is 48.5 Å². The second-order valence-electron chi connectivity index (χ2n) is 8.13. The molecule has 0 bridgehead atoms. The lowest BCUT2D eigenvalue weighted by atomic mass is 9.92. The average Bonchev–Trinajstić information content (AvgIpc) is 3.53. The van der Waals surface area contributed by atoms with E-state index in [1.54, 1.807) is 11.5 Å². The minimum absolute atomic E-state index is 0.0845. The number of nitrogens with zero attached hydrogens (tertiary/aromatic N) is 1. The largest absolute Gasteiger partial charge is 0.486 e. The van der Waals surface area contributed by atoms with E-state index in [1.165, 1.54) is 12.1 Å². The van der Waals surface area contributed by atoms with Gasteiger partial charge in [-0.3, -0.25) is 19.8 Å². The van der Waals surface area contributed by atoms with Crippen molar-refractivity contribution in [1.82, 2.24) is 10.5 Å². The molecule has 3 aromatic rings. The molecule has 2 atom stereocenters. The number of nitrogens with two attached hydrogens (primary N) is 1. The summed E-state index contributed by atoms with van der Waals surface area (Å²) in [6.07, 6.45) is 1.09. The summed E-state index contributed by atoms with van der Waals surface area (Å²) in [5.74, 6) is -2.53. The smallest absolute Gasteiger partial charge is 0.247 e. The van der Waals surface area contributed by atoms with Gasteiger partial charge in [0, 0.05) is 16.6 Å². The molecule has 0 aliphatic heterocycles. The quantitative estimate of drug-likeness (QED) is 0.370. The fourth-order valence-electron chi connectivity index (χ4n) is 4.18. The van der Waals surface area contributed by atoms with Gasteiger partial charge in [-0.1, -0.05) is 31.2 Å². The van der Waals surface area contributed by atoms with Crippen molar-refractivity contribution in [1.29, 1.82) is 0 Å². The summed E-state index contributed by atoms with van der Waals surface area (Å²) in [4.78, 5) is 28.2. The third-order valence-corrected chi connectivity index (χ3v) is 6.11. The van der Waals surface area contributed by atoms with E-state index in [9.17, 15) is 14.0 Å². The number of primary amides is 1. The number of aromatic nitrogens is 1. The normalized spacial score (nSPS) is 19.5. The molecule has 1 aliphatic rings. The first-order valence-corrected chi connectivity index (χ1v) is 10.4. The van der Waals surface area contributed by atoms with E-state index in [0.717, 1.165) is 28.6 Å². The molecule has 2 aromatic carbocycles. The lowest BCUT2D eigenvalue weighted by molar-refractivity contribution is -0.134. The van der Waals surface area contributed by atoms with Gasteiger partial charge < -0.3 is 10.5 Å². The number of halogens is 1. The van der Waals surface area contributed by atoms with Gasteiger partial charge in [0.05, 0.1) is 16.8 Å². The molecule has 8 heteroatoms. The molecular weight excluding hydrogens is 413 g/mol. The first kappa shape index (κ1) is 21.7. The molecule has 4 N–H and O–H groups in total. The third kappa shape index (κ3) is 4.01. The van der Waals surface area contributed by atoms with Crippen molar-refractivity contribution >= 4 is 22.7 Å². The highest BCUT2D eigenvalue weighted by Crippen LogP contribution is 2.54. The lowest BCUT2D eigenvalue weighted by Crippen LogP contribution is -2.33. The number of rotatable bonds is 8. The maximum atomic E-state index is 14.8. The van der Waals surface area contributed by atoms with Gasteiger partial charge in [-0.2, -0.15) is 0 Å². The van der Waals surface area contributed by atoms with Crippen molar-refractivity contribution < 1.29 is 23.9 Å². The Hall–Kier alpha value is -3.52. The first-order valence-electron chi connectivity index (χ1n) is 10.4. The molecule has 0 unspecified atom stereocenters. The van der Waals surface area contributed by atoms with E-state index >= 15 is 0 Å². The number of nitrogens with one attached hydrogen (secondary N) is 1. The summed E-state index contributed by atoms with van der Waals surface area (Å²) in [7, 11) is 0. The Bertz CT molecular complexity index is 1200. The van der Waals surface area contributed by atoms with Gasteiger partial charge >= 0.3 is 0 Å². The minimum Gasteiger partial charge on any atom is -0.486 e. The van der Waals surface area contributed by atoms with Crippen molar-refractivity contribution in [3.63, 3.8) is 0 Å². The maximum Gasteiger partial charge on any atom is 0.247 e. The molecule has 2 amide bonds. The van der Waals surface area contributed by atoms with Crippen LogP contribution in [0.4, 0.5) is 4.39 Å². The summed E-state index contributed by atoms with van der Waals surface area (Å²) in [5.41, 5.74) is 9.15. The van der Waals surface area contributed by atoms with Crippen LogP contribution in [-0.4, -0.2) is 22.0 Å². The number of carbonyl (C=O) groups is 2. The molecule has 0 saturated heterocycles. The van der Waals surface area contributed by atoms with Gasteiger partial charge in [0.2, 0.25) is 11.8 Å². The molecule has 1 aromatic heterocycles. The molecular formula is C24H24FN3O4. The zero-order valence-electron chi connectivity index (χ0n) is 17.6. The molecule has 7 nitrogen and oxygen atoms in total. The average molecular weight is 437 g/mol. The highest BCUT2D eigenvalue weighted by molar-refractivity contribution is 5.95. The number of hydroxylamine groups is 1. The van der Waals surface area contributed by atoms with Crippen LogP contribution >= 0.6 is 0 Å². The van der Waals surface area contributed by atoms with Crippen LogP contribution in [0.3, 0.4) is 0 Å². The number of pyridine rings is 1. The molecule has 1 aliphatic carbocycles. The summed E-state index contributed by atoms with van der Waals surface area (Å²) in [5, 5.41) is 9.78. The van der Waals surface area contributed by atoms with Crippen molar-refractivity contribution in [3.8, 4) is 5.75 Å². The molecule has 166 valence electrons. The van der Waals surface area contributed by atoms with Gasteiger partial charge in [0.15, 0.2) is 11.6 Å². The van der Waals surface area contributed by atoms with Gasteiger partial charge in [-0.05, 0) is 49.1 Å². The van der Waals surface area contributed by atoms with E-state index in [1.807, 2.05) is 37.3 Å². The van der Waals surface area contributed by atoms with E-state index in [-0.39, 0.29) is 25.2 Å². The van der Waals surface area contributed by atoms with Gasteiger partial charge in [-0.15, -0.1) is 0 Å². The number of carbonyl (C=O) groups excluding carboxylic acids is 2. The summed E-state index contributed by atoms with van der Waals surface area (Å²) in [6.45, 7) is 2.20. The van der Waals surface area contributed by atoms with Crippen LogP contribution in [-0.2, 0) is 29.0 Å². The number of hydrogen-bond donors (Lipinski definition) is 3. The molecule has 1 heterocycles. The van der Waals surface area contributed by atoms with Crippen molar-refractivity contribution in [2.45, 2.75) is 32.8 Å². The van der Waals surface area contributed by atoms with Crippen LogP contribution in [0.5, 0.6) is 5.75 Å². The predicted molar refractivity (Wildman–Crippen MR) is 115 cm³/mol. The Morgan fingerprint density at radius 3 is 2.75 bits per heavy atom. The van der Waals surface area contributed by atoms with E-state index < -0.39 is 29.0 Å². The third-order valence-electron chi connectivity index (χ3n) is 6.11. The van der Waals surface area contributed by atoms with Crippen molar-refractivity contribution in [3.05, 3.63) is 71.2 Å². The monoisotopic (exact) mass is 437 g/mol. The molecule has 1 saturated carbocycles. The van der Waals surface area contributed by atoms with Gasteiger partial charge in [-0.25, -0.2) is 9.87 Å². The Morgan fingerprint density at radius 1 is 1.28 bits per heavy atom.